The zero-order chi connectivity index (χ0) is 17.8. The molecule has 1 N–H and O–H groups in total. The van der Waals surface area contributed by atoms with Crippen LogP contribution in [0.1, 0.15) is 22.0 Å². The molecule has 0 aliphatic carbocycles. The minimum atomic E-state index is -1.25. The molecular weight excluding hydrogens is 328 g/mol. The van der Waals surface area contributed by atoms with E-state index in [1.807, 2.05) is 0 Å². The first-order valence-electron chi connectivity index (χ1n) is 7.18. The molecule has 1 atom stereocenters. The average Bonchev–Trinajstić information content (AvgIpc) is 3.15. The van der Waals surface area contributed by atoms with Crippen molar-refractivity contribution in [2.45, 2.75) is 6.04 Å². The molecular formula is C17H11F2N5O. The van der Waals surface area contributed by atoms with Crippen LogP contribution in [0, 0.1) is 23.0 Å². The molecule has 1 amide bonds. The van der Waals surface area contributed by atoms with Crippen LogP contribution in [0.15, 0.2) is 55.2 Å². The van der Waals surface area contributed by atoms with E-state index in [0.29, 0.717) is 11.9 Å². The first kappa shape index (κ1) is 16.3. The molecule has 2 aromatic heterocycles. The van der Waals surface area contributed by atoms with E-state index in [0.717, 1.165) is 12.1 Å². The first-order valence-corrected chi connectivity index (χ1v) is 7.18. The Morgan fingerprint density at radius 1 is 1.28 bits per heavy atom. The Bertz CT molecular complexity index is 933. The highest BCUT2D eigenvalue weighted by Gasteiger charge is 2.19. The van der Waals surface area contributed by atoms with Crippen molar-refractivity contribution in [3.63, 3.8) is 0 Å². The third kappa shape index (κ3) is 3.50. The lowest BCUT2D eigenvalue weighted by Crippen LogP contribution is -2.28. The van der Waals surface area contributed by atoms with Crippen molar-refractivity contribution >= 4 is 5.91 Å². The van der Waals surface area contributed by atoms with Crippen molar-refractivity contribution in [2.24, 2.45) is 0 Å². The predicted molar refractivity (Wildman–Crippen MR) is 83.5 cm³/mol. The van der Waals surface area contributed by atoms with Crippen LogP contribution in [0.5, 0.6) is 0 Å². The van der Waals surface area contributed by atoms with Crippen LogP contribution in [0.4, 0.5) is 8.78 Å². The number of carbonyl (C=O) groups is 1. The summed E-state index contributed by atoms with van der Waals surface area (Å²) in [5.41, 5.74) is 0.0897. The maximum Gasteiger partial charge on any atom is 0.254 e. The maximum absolute atomic E-state index is 13.8. The van der Waals surface area contributed by atoms with Crippen molar-refractivity contribution in [3.8, 4) is 11.9 Å². The Morgan fingerprint density at radius 2 is 2.12 bits per heavy atom. The number of rotatable bonds is 4. The first-order chi connectivity index (χ1) is 12.1. The Hall–Kier alpha value is -3.60. The monoisotopic (exact) mass is 339 g/mol. The summed E-state index contributed by atoms with van der Waals surface area (Å²) in [6.07, 6.45) is 6.19. The molecule has 25 heavy (non-hydrogen) atoms. The Labute approximate surface area is 141 Å². The highest BCUT2D eigenvalue weighted by atomic mass is 19.1. The second-order valence-electron chi connectivity index (χ2n) is 5.08. The van der Waals surface area contributed by atoms with Crippen LogP contribution < -0.4 is 5.32 Å². The van der Waals surface area contributed by atoms with Gasteiger partial charge in [-0.3, -0.25) is 9.36 Å². The third-order valence-corrected chi connectivity index (χ3v) is 3.46. The van der Waals surface area contributed by atoms with E-state index in [4.69, 9.17) is 0 Å². The summed E-state index contributed by atoms with van der Waals surface area (Å²) >= 11 is 0. The second-order valence-corrected chi connectivity index (χ2v) is 5.08. The van der Waals surface area contributed by atoms with Crippen LogP contribution in [-0.4, -0.2) is 20.4 Å². The minimum absolute atomic E-state index is 0.111. The van der Waals surface area contributed by atoms with Crippen LogP contribution in [0.2, 0.25) is 0 Å². The molecule has 1 aromatic carbocycles. The van der Waals surface area contributed by atoms with Gasteiger partial charge in [-0.25, -0.2) is 18.7 Å². The summed E-state index contributed by atoms with van der Waals surface area (Å²) in [5.74, 6) is -1.69. The van der Waals surface area contributed by atoms with Crippen LogP contribution >= 0.6 is 0 Å². The van der Waals surface area contributed by atoms with E-state index in [1.54, 1.807) is 35.4 Å². The van der Waals surface area contributed by atoms with E-state index >= 15 is 0 Å². The van der Waals surface area contributed by atoms with E-state index in [2.05, 4.69) is 15.3 Å². The molecule has 0 aliphatic rings. The van der Waals surface area contributed by atoms with E-state index in [9.17, 15) is 18.8 Å². The normalized spacial score (nSPS) is 11.6. The topological polar surface area (TPSA) is 83.6 Å². The van der Waals surface area contributed by atoms with Gasteiger partial charge >= 0.3 is 0 Å². The summed E-state index contributed by atoms with van der Waals surface area (Å²) < 4.78 is 28.4. The standard InChI is InChI=1S/C17H11F2N5O/c18-12-2-3-13(14(19)7-12)15(8-20)23-17(25)11-1-4-16(22-9-11)24-6-5-21-10-24/h1-7,9-10,15H,(H,23,25). The van der Waals surface area contributed by atoms with Crippen LogP contribution in [-0.2, 0) is 0 Å². The number of nitrogens with zero attached hydrogens (tertiary/aromatic N) is 4. The smallest absolute Gasteiger partial charge is 0.254 e. The number of carbonyl (C=O) groups excluding carboxylic acids is 1. The highest BCUT2D eigenvalue weighted by Crippen LogP contribution is 2.18. The Kier molecular flexibility index (Phi) is 4.48. The Balaban J connectivity index is 1.77. The molecule has 0 aliphatic heterocycles. The fourth-order valence-corrected chi connectivity index (χ4v) is 2.20. The summed E-state index contributed by atoms with van der Waals surface area (Å²) in [7, 11) is 0. The van der Waals surface area contributed by atoms with Gasteiger partial charge in [-0.15, -0.1) is 0 Å². The number of benzene rings is 1. The van der Waals surface area contributed by atoms with Gasteiger partial charge in [-0.05, 0) is 18.2 Å². The number of aromatic nitrogens is 3. The molecule has 8 heteroatoms. The SMILES string of the molecule is N#CC(NC(=O)c1ccc(-n2ccnc2)nc1)c1ccc(F)cc1F. The van der Waals surface area contributed by atoms with E-state index < -0.39 is 23.6 Å². The largest absolute Gasteiger partial charge is 0.332 e. The number of halogens is 2. The molecule has 0 spiro atoms. The van der Waals surface area contributed by atoms with Crippen molar-refractivity contribution in [3.05, 3.63) is 78.0 Å². The third-order valence-electron chi connectivity index (χ3n) is 3.46. The number of pyridine rings is 1. The van der Waals surface area contributed by atoms with Crippen molar-refractivity contribution in [2.75, 3.05) is 0 Å². The van der Waals surface area contributed by atoms with Gasteiger partial charge in [-0.1, -0.05) is 6.07 Å². The van der Waals surface area contributed by atoms with Crippen LogP contribution in [0.3, 0.4) is 0 Å². The van der Waals surface area contributed by atoms with Gasteiger partial charge in [-0.2, -0.15) is 5.26 Å². The number of nitriles is 1. The fourth-order valence-electron chi connectivity index (χ4n) is 2.20. The average molecular weight is 339 g/mol. The maximum atomic E-state index is 13.8. The van der Waals surface area contributed by atoms with Crippen molar-refractivity contribution in [1.29, 1.82) is 5.26 Å². The van der Waals surface area contributed by atoms with Gasteiger partial charge < -0.3 is 5.32 Å². The van der Waals surface area contributed by atoms with Gasteiger partial charge in [0.25, 0.3) is 5.91 Å². The molecule has 2 heterocycles. The second kappa shape index (κ2) is 6.88. The molecule has 0 saturated heterocycles. The number of nitrogens with one attached hydrogen (secondary N) is 1. The Morgan fingerprint density at radius 3 is 2.72 bits per heavy atom. The summed E-state index contributed by atoms with van der Waals surface area (Å²) in [6, 6.07) is 6.47. The molecule has 0 bridgehead atoms. The minimum Gasteiger partial charge on any atom is -0.332 e. The van der Waals surface area contributed by atoms with Crippen molar-refractivity contribution < 1.29 is 13.6 Å². The number of hydrogen-bond donors (Lipinski definition) is 1. The summed E-state index contributed by atoms with van der Waals surface area (Å²) in [4.78, 5) is 20.3. The molecule has 0 saturated carbocycles. The van der Waals surface area contributed by atoms with Gasteiger partial charge in [0.1, 0.15) is 29.8 Å². The van der Waals surface area contributed by atoms with Gasteiger partial charge in [0.2, 0.25) is 0 Å². The van der Waals surface area contributed by atoms with Gasteiger partial charge in [0, 0.05) is 30.2 Å². The molecule has 0 fully saturated rings. The molecule has 0 radical (unpaired) electrons. The lowest BCUT2D eigenvalue weighted by Gasteiger charge is -2.13. The number of hydrogen-bond acceptors (Lipinski definition) is 4. The number of amides is 1. The van der Waals surface area contributed by atoms with Crippen molar-refractivity contribution in [1.82, 2.24) is 19.9 Å². The zero-order valence-electron chi connectivity index (χ0n) is 12.7. The predicted octanol–water partition coefficient (Wildman–Crippen LogP) is 2.54. The number of imidazole rings is 1. The molecule has 3 rings (SSSR count). The molecule has 3 aromatic rings. The molecule has 6 nitrogen and oxygen atoms in total. The highest BCUT2D eigenvalue weighted by molar-refractivity contribution is 5.94. The molecule has 1 unspecified atom stereocenters. The summed E-state index contributed by atoms with van der Waals surface area (Å²) in [6.45, 7) is 0. The lowest BCUT2D eigenvalue weighted by atomic mass is 10.1. The quantitative estimate of drug-likeness (QED) is 0.792. The molecule has 124 valence electrons. The van der Waals surface area contributed by atoms with E-state index in [-0.39, 0.29) is 11.1 Å². The zero-order valence-corrected chi connectivity index (χ0v) is 12.7. The lowest BCUT2D eigenvalue weighted by molar-refractivity contribution is 0.0944. The summed E-state index contributed by atoms with van der Waals surface area (Å²) in [5, 5.41) is 11.6. The van der Waals surface area contributed by atoms with Crippen LogP contribution in [0.25, 0.3) is 5.82 Å². The van der Waals surface area contributed by atoms with E-state index in [1.165, 1.54) is 12.3 Å². The van der Waals surface area contributed by atoms with Gasteiger partial charge in [0.15, 0.2) is 0 Å². The fraction of sp³-hybridized carbons (Fsp3) is 0.0588. The van der Waals surface area contributed by atoms with Gasteiger partial charge in [0.05, 0.1) is 11.6 Å².